The Hall–Kier alpha value is -1.47. The summed E-state index contributed by atoms with van der Waals surface area (Å²) in [6.07, 6.45) is -4.02. The van der Waals surface area contributed by atoms with Gasteiger partial charge in [0.25, 0.3) is 0 Å². The lowest BCUT2D eigenvalue weighted by molar-refractivity contribution is -0.179. The fourth-order valence-corrected chi connectivity index (χ4v) is 1.75. The van der Waals surface area contributed by atoms with Crippen LogP contribution in [0.15, 0.2) is 4.42 Å². The number of nitrogens with zero attached hydrogens (tertiary/aromatic N) is 3. The highest BCUT2D eigenvalue weighted by atomic mass is 19.4. The molecule has 0 aliphatic carbocycles. The molecule has 8 heteroatoms. The molecule has 0 unspecified atom stereocenters. The number of halogens is 3. The molecule has 16 heavy (non-hydrogen) atoms. The van der Waals surface area contributed by atoms with Gasteiger partial charge in [-0.1, -0.05) is 10.2 Å². The lowest BCUT2D eigenvalue weighted by Gasteiger charge is -2.31. The van der Waals surface area contributed by atoms with E-state index in [1.54, 1.807) is 4.90 Å². The van der Waals surface area contributed by atoms with Crippen molar-refractivity contribution >= 4 is 12.0 Å². The van der Waals surface area contributed by atoms with Crippen LogP contribution < -0.4 is 10.6 Å². The second kappa shape index (κ2) is 3.84. The van der Waals surface area contributed by atoms with Gasteiger partial charge in [-0.05, 0) is 12.8 Å². The van der Waals surface area contributed by atoms with Crippen molar-refractivity contribution < 1.29 is 17.6 Å². The Morgan fingerprint density at radius 1 is 1.25 bits per heavy atom. The number of rotatable bonds is 1. The van der Waals surface area contributed by atoms with Crippen LogP contribution in [-0.2, 0) is 0 Å². The van der Waals surface area contributed by atoms with Crippen molar-refractivity contribution in [1.82, 2.24) is 10.2 Å². The van der Waals surface area contributed by atoms with Crippen LogP contribution in [0.4, 0.5) is 25.2 Å². The van der Waals surface area contributed by atoms with E-state index in [2.05, 4.69) is 10.2 Å². The monoisotopic (exact) mass is 236 g/mol. The molecule has 0 amide bonds. The molecule has 90 valence electrons. The van der Waals surface area contributed by atoms with E-state index in [9.17, 15) is 13.2 Å². The van der Waals surface area contributed by atoms with Crippen molar-refractivity contribution in [2.24, 2.45) is 5.92 Å². The molecule has 2 heterocycles. The molecule has 0 atom stereocenters. The Bertz CT molecular complexity index is 356. The normalized spacial score (nSPS) is 19.1. The summed E-state index contributed by atoms with van der Waals surface area (Å²) >= 11 is 0. The Labute approximate surface area is 89.4 Å². The molecule has 0 radical (unpaired) electrons. The summed E-state index contributed by atoms with van der Waals surface area (Å²) in [5.74, 6) is -1.23. The standard InChI is InChI=1S/C8H11F3N4O/c9-8(10,11)5-1-3-15(4-2-5)7-14-13-6(12)16-7/h5H,1-4H2,(H2,12,13). The molecule has 5 nitrogen and oxygen atoms in total. The van der Waals surface area contributed by atoms with E-state index in [0.29, 0.717) is 0 Å². The van der Waals surface area contributed by atoms with Gasteiger partial charge in [-0.3, -0.25) is 0 Å². The summed E-state index contributed by atoms with van der Waals surface area (Å²) in [5.41, 5.74) is 5.23. The molecule has 1 aliphatic heterocycles. The largest absolute Gasteiger partial charge is 0.391 e. The molecule has 2 N–H and O–H groups in total. The predicted octanol–water partition coefficient (Wildman–Crippen LogP) is 1.43. The number of anilines is 2. The third-order valence-corrected chi connectivity index (χ3v) is 2.66. The van der Waals surface area contributed by atoms with Crippen LogP contribution in [0.3, 0.4) is 0 Å². The molecule has 1 aromatic rings. The van der Waals surface area contributed by atoms with Gasteiger partial charge in [0.05, 0.1) is 5.92 Å². The lowest BCUT2D eigenvalue weighted by Crippen LogP contribution is -2.39. The highest BCUT2D eigenvalue weighted by molar-refractivity contribution is 5.28. The fraction of sp³-hybridized carbons (Fsp3) is 0.750. The van der Waals surface area contributed by atoms with Gasteiger partial charge in [-0.15, -0.1) is 0 Å². The Morgan fingerprint density at radius 2 is 1.88 bits per heavy atom. The Balaban J connectivity index is 1.95. The molecule has 1 aromatic heterocycles. The maximum atomic E-state index is 12.4. The minimum Gasteiger partial charge on any atom is -0.390 e. The highest BCUT2D eigenvalue weighted by Crippen LogP contribution is 2.35. The molecular formula is C8H11F3N4O. The molecule has 0 aromatic carbocycles. The summed E-state index contributed by atoms with van der Waals surface area (Å²) < 4.78 is 42.1. The van der Waals surface area contributed by atoms with E-state index in [1.165, 1.54) is 0 Å². The van der Waals surface area contributed by atoms with E-state index in [1.807, 2.05) is 0 Å². The van der Waals surface area contributed by atoms with Gasteiger partial charge in [0, 0.05) is 13.1 Å². The summed E-state index contributed by atoms with van der Waals surface area (Å²) in [4.78, 5) is 1.62. The summed E-state index contributed by atoms with van der Waals surface area (Å²) in [6.45, 7) is 0.512. The Kier molecular flexibility index (Phi) is 2.64. The van der Waals surface area contributed by atoms with Gasteiger partial charge in [0.2, 0.25) is 0 Å². The summed E-state index contributed by atoms with van der Waals surface area (Å²) in [5, 5.41) is 7.09. The average molecular weight is 236 g/mol. The first-order chi connectivity index (χ1) is 7.47. The third-order valence-electron chi connectivity index (χ3n) is 2.66. The fourth-order valence-electron chi connectivity index (χ4n) is 1.75. The number of nitrogens with two attached hydrogens (primary N) is 1. The van der Waals surface area contributed by atoms with Gasteiger partial charge >= 0.3 is 18.2 Å². The van der Waals surface area contributed by atoms with Gasteiger partial charge < -0.3 is 15.1 Å². The average Bonchev–Trinajstić information content (AvgIpc) is 2.64. The van der Waals surface area contributed by atoms with Gasteiger partial charge in [-0.25, -0.2) is 0 Å². The molecular weight excluding hydrogens is 225 g/mol. The van der Waals surface area contributed by atoms with Crippen molar-refractivity contribution in [2.75, 3.05) is 23.7 Å². The number of hydrogen-bond acceptors (Lipinski definition) is 5. The van der Waals surface area contributed by atoms with Crippen LogP contribution >= 0.6 is 0 Å². The molecule has 0 bridgehead atoms. The van der Waals surface area contributed by atoms with Gasteiger partial charge in [0.15, 0.2) is 0 Å². The van der Waals surface area contributed by atoms with Crippen LogP contribution in [0.1, 0.15) is 12.8 Å². The minimum atomic E-state index is -4.11. The third kappa shape index (κ3) is 2.20. The Morgan fingerprint density at radius 3 is 2.31 bits per heavy atom. The quantitative estimate of drug-likeness (QED) is 0.798. The van der Waals surface area contributed by atoms with Gasteiger partial charge in [0.1, 0.15) is 0 Å². The zero-order valence-corrected chi connectivity index (χ0v) is 8.37. The first-order valence-corrected chi connectivity index (χ1v) is 4.87. The minimum absolute atomic E-state index is 0.0474. The molecule has 0 spiro atoms. The summed E-state index contributed by atoms with van der Waals surface area (Å²) in [6, 6.07) is 0.117. The number of piperidine rings is 1. The summed E-state index contributed by atoms with van der Waals surface area (Å²) in [7, 11) is 0. The smallest absolute Gasteiger partial charge is 0.390 e. The van der Waals surface area contributed by atoms with Crippen molar-refractivity contribution in [3.05, 3.63) is 0 Å². The molecule has 2 rings (SSSR count). The van der Waals surface area contributed by atoms with E-state index >= 15 is 0 Å². The number of hydrogen-bond donors (Lipinski definition) is 1. The first-order valence-electron chi connectivity index (χ1n) is 4.87. The van der Waals surface area contributed by atoms with Crippen LogP contribution in [0.2, 0.25) is 0 Å². The van der Waals surface area contributed by atoms with Crippen LogP contribution in [0.25, 0.3) is 0 Å². The molecule has 1 aliphatic rings. The lowest BCUT2D eigenvalue weighted by atomic mass is 9.97. The van der Waals surface area contributed by atoms with E-state index in [-0.39, 0.29) is 38.0 Å². The number of nitrogen functional groups attached to an aromatic ring is 1. The number of aromatic nitrogens is 2. The van der Waals surface area contributed by atoms with Crippen LogP contribution in [-0.4, -0.2) is 29.5 Å². The van der Waals surface area contributed by atoms with Crippen molar-refractivity contribution in [2.45, 2.75) is 19.0 Å². The second-order valence-electron chi connectivity index (χ2n) is 3.73. The van der Waals surface area contributed by atoms with Crippen LogP contribution in [0, 0.1) is 5.92 Å². The highest BCUT2D eigenvalue weighted by Gasteiger charge is 2.41. The predicted molar refractivity (Wildman–Crippen MR) is 49.7 cm³/mol. The number of alkyl halides is 3. The van der Waals surface area contributed by atoms with Crippen molar-refractivity contribution in [3.8, 4) is 0 Å². The maximum Gasteiger partial charge on any atom is 0.391 e. The SMILES string of the molecule is Nc1nnc(N2CCC(C(F)(F)F)CC2)o1. The van der Waals surface area contributed by atoms with E-state index in [0.717, 1.165) is 0 Å². The van der Waals surface area contributed by atoms with Gasteiger partial charge in [-0.2, -0.15) is 13.2 Å². The molecule has 1 saturated heterocycles. The first kappa shape index (κ1) is 11.0. The van der Waals surface area contributed by atoms with E-state index in [4.69, 9.17) is 10.2 Å². The molecule has 1 fully saturated rings. The zero-order valence-electron chi connectivity index (χ0n) is 8.37. The topological polar surface area (TPSA) is 68.2 Å². The van der Waals surface area contributed by atoms with Crippen LogP contribution in [0.5, 0.6) is 0 Å². The van der Waals surface area contributed by atoms with Crippen molar-refractivity contribution in [1.29, 1.82) is 0 Å². The molecule has 0 saturated carbocycles. The van der Waals surface area contributed by atoms with Crippen molar-refractivity contribution in [3.63, 3.8) is 0 Å². The second-order valence-corrected chi connectivity index (χ2v) is 3.73. The maximum absolute atomic E-state index is 12.4. The van der Waals surface area contributed by atoms with E-state index < -0.39 is 12.1 Å². The zero-order chi connectivity index (χ0) is 11.8.